The van der Waals surface area contributed by atoms with E-state index in [1.54, 1.807) is 5.57 Å². The predicted octanol–water partition coefficient (Wildman–Crippen LogP) is 4.44. The fourth-order valence-corrected chi connectivity index (χ4v) is 1.98. The van der Waals surface area contributed by atoms with E-state index in [1.807, 2.05) is 6.08 Å². The van der Waals surface area contributed by atoms with Crippen LogP contribution < -0.4 is 5.73 Å². The number of unbranched alkanes of at least 4 members (excludes halogenated alkanes) is 2. The van der Waals surface area contributed by atoms with Gasteiger partial charge < -0.3 is 5.73 Å². The van der Waals surface area contributed by atoms with Crippen LogP contribution in [-0.4, -0.2) is 6.54 Å². The Morgan fingerprint density at radius 1 is 1.31 bits per heavy atom. The van der Waals surface area contributed by atoms with Crippen LogP contribution in [0.2, 0.25) is 0 Å². The largest absolute Gasteiger partial charge is 0.330 e. The zero-order valence-corrected chi connectivity index (χ0v) is 11.2. The molecule has 16 heavy (non-hydrogen) atoms. The number of nitrogens with two attached hydrogens (primary N) is 1. The van der Waals surface area contributed by atoms with E-state index in [0.29, 0.717) is 0 Å². The average Bonchev–Trinajstić information content (AvgIpc) is 2.29. The molecule has 0 radical (unpaired) electrons. The minimum atomic E-state index is 0.720. The molecule has 0 aliphatic heterocycles. The molecule has 1 nitrogen and oxygen atoms in total. The quantitative estimate of drug-likeness (QED) is 0.430. The molecule has 1 atom stereocenters. The van der Waals surface area contributed by atoms with E-state index in [-0.39, 0.29) is 0 Å². The van der Waals surface area contributed by atoms with Crippen LogP contribution in [0.5, 0.6) is 0 Å². The first-order chi connectivity index (χ1) is 7.76. The molecule has 0 fully saturated rings. The van der Waals surface area contributed by atoms with Gasteiger partial charge in [-0.05, 0) is 38.1 Å². The summed E-state index contributed by atoms with van der Waals surface area (Å²) in [6, 6.07) is 0. The summed E-state index contributed by atoms with van der Waals surface area (Å²) in [7, 11) is 0. The van der Waals surface area contributed by atoms with Gasteiger partial charge in [0.05, 0.1) is 0 Å². The minimum absolute atomic E-state index is 0.720. The molecule has 0 aromatic carbocycles. The Bertz CT molecular complexity index is 194. The first-order valence-electron chi connectivity index (χ1n) is 6.76. The lowest BCUT2D eigenvalue weighted by atomic mass is 9.91. The minimum Gasteiger partial charge on any atom is -0.330 e. The van der Waals surface area contributed by atoms with Gasteiger partial charge in [0.2, 0.25) is 0 Å². The highest BCUT2D eigenvalue weighted by atomic mass is 14.5. The van der Waals surface area contributed by atoms with Crippen molar-refractivity contribution >= 4 is 0 Å². The summed E-state index contributed by atoms with van der Waals surface area (Å²) in [4.78, 5) is 0. The number of allylic oxidation sites excluding steroid dienone is 3. The molecule has 2 N–H and O–H groups in total. The Hall–Kier alpha value is -0.560. The van der Waals surface area contributed by atoms with Crippen LogP contribution in [0.25, 0.3) is 0 Å². The van der Waals surface area contributed by atoms with Gasteiger partial charge in [-0.25, -0.2) is 0 Å². The van der Waals surface area contributed by atoms with Gasteiger partial charge >= 0.3 is 0 Å². The molecule has 0 aromatic rings. The number of rotatable bonds is 10. The zero-order valence-electron chi connectivity index (χ0n) is 11.2. The molecule has 0 unspecified atom stereocenters. The third-order valence-corrected chi connectivity index (χ3v) is 3.09. The van der Waals surface area contributed by atoms with Gasteiger partial charge in [0.1, 0.15) is 0 Å². The molecular formula is C15H29N. The van der Waals surface area contributed by atoms with E-state index in [1.165, 1.54) is 25.7 Å². The Labute approximate surface area is 102 Å². The second kappa shape index (κ2) is 10.9. The van der Waals surface area contributed by atoms with E-state index in [9.17, 15) is 0 Å². The van der Waals surface area contributed by atoms with E-state index >= 15 is 0 Å². The highest BCUT2D eigenvalue weighted by molar-refractivity contribution is 5.07. The normalized spacial score (nSPS) is 13.8. The molecule has 0 saturated heterocycles. The standard InChI is InChI=1S/C15H29N/c1-4-6-8-10-14(3)15(11-7-5-2)12-9-13-16/h5,11,14H,2,4,6-10,12-13,16H2,1,3H3/b15-11+/t14-/m1/s1. The van der Waals surface area contributed by atoms with Gasteiger partial charge in [-0.15, -0.1) is 6.58 Å². The maximum absolute atomic E-state index is 5.58. The Morgan fingerprint density at radius 2 is 2.06 bits per heavy atom. The van der Waals surface area contributed by atoms with Crippen LogP contribution in [0, 0.1) is 5.92 Å². The van der Waals surface area contributed by atoms with Crippen molar-refractivity contribution in [3.05, 3.63) is 24.3 Å². The summed E-state index contributed by atoms with van der Waals surface area (Å²) in [6.07, 6.45) is 12.9. The Morgan fingerprint density at radius 3 is 2.62 bits per heavy atom. The average molecular weight is 223 g/mol. The van der Waals surface area contributed by atoms with Gasteiger partial charge in [0.15, 0.2) is 0 Å². The van der Waals surface area contributed by atoms with Crippen LogP contribution in [0.3, 0.4) is 0 Å². The van der Waals surface area contributed by atoms with E-state index in [4.69, 9.17) is 5.73 Å². The van der Waals surface area contributed by atoms with Crippen LogP contribution in [0.1, 0.15) is 58.8 Å². The molecule has 0 spiro atoms. The van der Waals surface area contributed by atoms with Crippen molar-refractivity contribution in [2.24, 2.45) is 11.7 Å². The molecule has 0 aromatic heterocycles. The van der Waals surface area contributed by atoms with Gasteiger partial charge in [-0.2, -0.15) is 0 Å². The molecule has 0 bridgehead atoms. The third kappa shape index (κ3) is 7.70. The summed E-state index contributed by atoms with van der Waals surface area (Å²) >= 11 is 0. The monoisotopic (exact) mass is 223 g/mol. The first-order valence-corrected chi connectivity index (χ1v) is 6.76. The van der Waals surface area contributed by atoms with Gasteiger partial charge in [-0.1, -0.05) is 50.8 Å². The van der Waals surface area contributed by atoms with E-state index in [2.05, 4.69) is 26.5 Å². The zero-order chi connectivity index (χ0) is 12.2. The van der Waals surface area contributed by atoms with Crippen molar-refractivity contribution in [1.29, 1.82) is 0 Å². The summed E-state index contributed by atoms with van der Waals surface area (Å²) in [5, 5.41) is 0. The topological polar surface area (TPSA) is 26.0 Å². The lowest BCUT2D eigenvalue weighted by molar-refractivity contribution is 0.534. The fraction of sp³-hybridized carbons (Fsp3) is 0.733. The van der Waals surface area contributed by atoms with Crippen molar-refractivity contribution in [2.45, 2.75) is 58.8 Å². The molecule has 1 heteroatoms. The summed E-state index contributed by atoms with van der Waals surface area (Å²) in [6.45, 7) is 9.18. The van der Waals surface area contributed by atoms with Crippen LogP contribution in [-0.2, 0) is 0 Å². The molecule has 0 aliphatic rings. The summed E-state index contributed by atoms with van der Waals surface area (Å²) < 4.78 is 0. The molecule has 0 aliphatic carbocycles. The number of hydrogen-bond acceptors (Lipinski definition) is 1. The second-order valence-corrected chi connectivity index (χ2v) is 4.59. The van der Waals surface area contributed by atoms with Crippen LogP contribution >= 0.6 is 0 Å². The molecular weight excluding hydrogens is 194 g/mol. The third-order valence-electron chi connectivity index (χ3n) is 3.09. The second-order valence-electron chi connectivity index (χ2n) is 4.59. The lowest BCUT2D eigenvalue weighted by Gasteiger charge is -2.16. The predicted molar refractivity (Wildman–Crippen MR) is 74.5 cm³/mol. The van der Waals surface area contributed by atoms with Crippen LogP contribution in [0.15, 0.2) is 24.3 Å². The highest BCUT2D eigenvalue weighted by Crippen LogP contribution is 2.22. The van der Waals surface area contributed by atoms with Crippen LogP contribution in [0.4, 0.5) is 0 Å². The fourth-order valence-electron chi connectivity index (χ4n) is 1.98. The summed E-state index contributed by atoms with van der Waals surface area (Å²) in [5.41, 5.74) is 7.16. The maximum atomic E-state index is 5.58. The van der Waals surface area contributed by atoms with Gasteiger partial charge in [0, 0.05) is 0 Å². The smallest absolute Gasteiger partial charge is 0.00742 e. The van der Waals surface area contributed by atoms with Crippen molar-refractivity contribution < 1.29 is 0 Å². The van der Waals surface area contributed by atoms with Crippen molar-refractivity contribution in [3.8, 4) is 0 Å². The van der Waals surface area contributed by atoms with Gasteiger partial charge in [-0.3, -0.25) is 0 Å². The van der Waals surface area contributed by atoms with E-state index < -0.39 is 0 Å². The highest BCUT2D eigenvalue weighted by Gasteiger charge is 2.07. The lowest BCUT2D eigenvalue weighted by Crippen LogP contribution is -2.04. The summed E-state index contributed by atoms with van der Waals surface area (Å²) in [5.74, 6) is 0.720. The van der Waals surface area contributed by atoms with Crippen molar-refractivity contribution in [2.75, 3.05) is 6.54 Å². The molecule has 0 heterocycles. The van der Waals surface area contributed by atoms with Crippen molar-refractivity contribution in [3.63, 3.8) is 0 Å². The molecule has 94 valence electrons. The van der Waals surface area contributed by atoms with E-state index in [0.717, 1.165) is 31.7 Å². The first kappa shape index (κ1) is 15.4. The molecule has 0 amide bonds. The molecule has 0 saturated carbocycles. The SMILES string of the molecule is C=CC/C=C(\CCCN)[C@H](C)CCCCC. The van der Waals surface area contributed by atoms with Gasteiger partial charge in [0.25, 0.3) is 0 Å². The maximum Gasteiger partial charge on any atom is -0.00742 e. The Balaban J connectivity index is 4.08. The number of hydrogen-bond donors (Lipinski definition) is 1. The molecule has 0 rings (SSSR count). The Kier molecular flexibility index (Phi) is 10.6. The van der Waals surface area contributed by atoms with Crippen molar-refractivity contribution in [1.82, 2.24) is 0 Å².